The number of hydrogen-bond donors (Lipinski definition) is 2. The lowest BCUT2D eigenvalue weighted by Gasteiger charge is -2.15. The fourth-order valence-electron chi connectivity index (χ4n) is 3.48. The number of ether oxygens (including phenoxy) is 2. The van der Waals surface area contributed by atoms with Gasteiger partial charge in [-0.1, -0.05) is 18.2 Å². The van der Waals surface area contributed by atoms with Crippen LogP contribution in [0.25, 0.3) is 11.4 Å². The van der Waals surface area contributed by atoms with Gasteiger partial charge in [0.2, 0.25) is 0 Å². The number of hydrogen-bond acceptors (Lipinski definition) is 5. The highest BCUT2D eigenvalue weighted by atomic mass is 19.3. The van der Waals surface area contributed by atoms with Crippen molar-refractivity contribution in [2.45, 2.75) is 45.4 Å². The zero-order chi connectivity index (χ0) is 23.8. The number of carboxylic acids is 1. The van der Waals surface area contributed by atoms with Gasteiger partial charge in [0, 0.05) is 29.1 Å². The van der Waals surface area contributed by atoms with Crippen LogP contribution in [0.1, 0.15) is 30.5 Å². The van der Waals surface area contributed by atoms with Crippen LogP contribution in [0.5, 0.6) is 11.5 Å². The molecule has 7 nitrogen and oxygen atoms in total. The summed E-state index contributed by atoms with van der Waals surface area (Å²) in [6.07, 6.45) is 2.90. The Morgan fingerprint density at radius 3 is 2.61 bits per heavy atom. The van der Waals surface area contributed by atoms with Crippen LogP contribution in [0, 0.1) is 6.92 Å². The first-order valence-corrected chi connectivity index (χ1v) is 10.6. The van der Waals surface area contributed by atoms with Gasteiger partial charge in [-0.25, -0.2) is 4.98 Å². The Hall–Kier alpha value is -3.46. The lowest BCUT2D eigenvalue weighted by Crippen LogP contribution is -2.24. The second-order valence-corrected chi connectivity index (χ2v) is 7.67. The number of carbonyl (C=O) groups is 1. The molecule has 3 aromatic rings. The van der Waals surface area contributed by atoms with E-state index < -0.39 is 18.6 Å². The number of aryl methyl sites for hydroxylation is 1. The van der Waals surface area contributed by atoms with Gasteiger partial charge >= 0.3 is 12.6 Å². The largest absolute Gasteiger partial charge is 0.493 e. The van der Waals surface area contributed by atoms with Crippen molar-refractivity contribution in [3.8, 4) is 22.9 Å². The van der Waals surface area contributed by atoms with E-state index in [0.29, 0.717) is 31.8 Å². The summed E-state index contributed by atoms with van der Waals surface area (Å²) in [5.41, 5.74) is 8.47. The Morgan fingerprint density at radius 1 is 1.18 bits per heavy atom. The first-order chi connectivity index (χ1) is 15.8. The molecule has 0 amide bonds. The van der Waals surface area contributed by atoms with Gasteiger partial charge in [0.15, 0.2) is 0 Å². The standard InChI is InChI=1S/C24H27F2N3O4/c1-16-14-28-23(17-8-10-20(11-9-17)33-24(25)26)29(16)15-18-5-2-3-7-21(18)32-12-4-6-19(27)13-22(30)31/h2-3,5,7-11,14,19,24H,4,6,12-13,15,27H2,1H3,(H,30,31)/t19-/m1/s1. The van der Waals surface area contributed by atoms with Crippen LogP contribution in [0.2, 0.25) is 0 Å². The number of imidazole rings is 1. The summed E-state index contributed by atoms with van der Waals surface area (Å²) in [5.74, 6) is 0.608. The van der Waals surface area contributed by atoms with Gasteiger partial charge in [0.05, 0.1) is 19.6 Å². The molecule has 0 saturated carbocycles. The zero-order valence-electron chi connectivity index (χ0n) is 18.3. The topological polar surface area (TPSA) is 99.6 Å². The van der Waals surface area contributed by atoms with Crippen molar-refractivity contribution < 1.29 is 28.2 Å². The normalized spacial score (nSPS) is 12.0. The van der Waals surface area contributed by atoms with E-state index in [-0.39, 0.29) is 12.2 Å². The van der Waals surface area contributed by atoms with Crippen molar-refractivity contribution >= 4 is 5.97 Å². The smallest absolute Gasteiger partial charge is 0.387 e. The van der Waals surface area contributed by atoms with E-state index in [0.717, 1.165) is 22.6 Å². The van der Waals surface area contributed by atoms with Crippen molar-refractivity contribution in [2.75, 3.05) is 6.61 Å². The van der Waals surface area contributed by atoms with Gasteiger partial charge in [-0.2, -0.15) is 8.78 Å². The highest BCUT2D eigenvalue weighted by molar-refractivity contribution is 5.67. The molecule has 2 aromatic carbocycles. The Bertz CT molecular complexity index is 1050. The molecule has 0 aliphatic heterocycles. The summed E-state index contributed by atoms with van der Waals surface area (Å²) in [7, 11) is 0. The molecule has 0 aliphatic carbocycles. The molecule has 0 unspecified atom stereocenters. The van der Waals surface area contributed by atoms with E-state index in [1.54, 1.807) is 18.3 Å². The number of benzene rings is 2. The number of aliphatic carboxylic acids is 1. The number of aromatic nitrogens is 2. The third-order valence-electron chi connectivity index (χ3n) is 5.11. The average Bonchev–Trinajstić information content (AvgIpc) is 3.12. The molecule has 33 heavy (non-hydrogen) atoms. The Morgan fingerprint density at radius 2 is 1.91 bits per heavy atom. The maximum absolute atomic E-state index is 12.4. The van der Waals surface area contributed by atoms with Crippen LogP contribution < -0.4 is 15.2 Å². The Balaban J connectivity index is 1.69. The van der Waals surface area contributed by atoms with Crippen molar-refractivity contribution in [1.29, 1.82) is 0 Å². The Kier molecular flexibility index (Phi) is 8.37. The quantitative estimate of drug-likeness (QED) is 0.388. The van der Waals surface area contributed by atoms with Gasteiger partial charge in [0.25, 0.3) is 0 Å². The van der Waals surface area contributed by atoms with E-state index in [1.807, 2.05) is 35.8 Å². The van der Waals surface area contributed by atoms with E-state index in [1.165, 1.54) is 12.1 Å². The second-order valence-electron chi connectivity index (χ2n) is 7.67. The predicted octanol–water partition coefficient (Wildman–Crippen LogP) is 4.47. The monoisotopic (exact) mass is 459 g/mol. The van der Waals surface area contributed by atoms with E-state index in [2.05, 4.69) is 9.72 Å². The summed E-state index contributed by atoms with van der Waals surface area (Å²) in [6.45, 7) is -0.000864. The molecule has 9 heteroatoms. The van der Waals surface area contributed by atoms with Crippen LogP contribution in [0.3, 0.4) is 0 Å². The third kappa shape index (κ3) is 7.01. The number of carboxylic acid groups (broad SMARTS) is 1. The van der Waals surface area contributed by atoms with Crippen LogP contribution in [0.15, 0.2) is 54.7 Å². The number of para-hydroxylation sites is 1. The average molecular weight is 459 g/mol. The molecular formula is C24H27F2N3O4. The summed E-state index contributed by atoms with van der Waals surface area (Å²) in [6, 6.07) is 13.6. The molecule has 0 radical (unpaired) electrons. The maximum atomic E-state index is 12.4. The molecule has 3 N–H and O–H groups in total. The lowest BCUT2D eigenvalue weighted by atomic mass is 10.1. The maximum Gasteiger partial charge on any atom is 0.387 e. The first kappa shape index (κ1) is 24.2. The van der Waals surface area contributed by atoms with E-state index in [9.17, 15) is 13.6 Å². The van der Waals surface area contributed by atoms with Crippen LogP contribution in [0.4, 0.5) is 8.78 Å². The van der Waals surface area contributed by atoms with Crippen molar-refractivity contribution in [1.82, 2.24) is 9.55 Å². The number of nitrogens with two attached hydrogens (primary N) is 1. The summed E-state index contributed by atoms with van der Waals surface area (Å²) in [4.78, 5) is 15.2. The van der Waals surface area contributed by atoms with Crippen molar-refractivity contribution in [2.24, 2.45) is 5.73 Å². The fraction of sp³-hybridized carbons (Fsp3) is 0.333. The summed E-state index contributed by atoms with van der Waals surface area (Å²) < 4.78 is 37.2. The minimum Gasteiger partial charge on any atom is -0.493 e. The predicted molar refractivity (Wildman–Crippen MR) is 120 cm³/mol. The van der Waals surface area contributed by atoms with Gasteiger partial charge in [0.1, 0.15) is 17.3 Å². The Labute approximate surface area is 190 Å². The van der Waals surface area contributed by atoms with Gasteiger partial charge in [-0.05, 0) is 50.1 Å². The molecule has 1 heterocycles. The van der Waals surface area contributed by atoms with Gasteiger partial charge in [-0.15, -0.1) is 0 Å². The minimum absolute atomic E-state index is 0.0610. The zero-order valence-corrected chi connectivity index (χ0v) is 18.3. The molecule has 0 aliphatic rings. The van der Waals surface area contributed by atoms with Crippen molar-refractivity contribution in [3.63, 3.8) is 0 Å². The number of alkyl halides is 2. The molecule has 176 valence electrons. The molecule has 0 fully saturated rings. The molecule has 1 aromatic heterocycles. The van der Waals surface area contributed by atoms with E-state index in [4.69, 9.17) is 15.6 Å². The van der Waals surface area contributed by atoms with Gasteiger partial charge in [-0.3, -0.25) is 4.79 Å². The molecular weight excluding hydrogens is 432 g/mol. The molecule has 0 bridgehead atoms. The van der Waals surface area contributed by atoms with Gasteiger partial charge < -0.3 is 24.9 Å². The third-order valence-corrected chi connectivity index (χ3v) is 5.11. The number of nitrogens with zero attached hydrogens (tertiary/aromatic N) is 2. The van der Waals surface area contributed by atoms with Crippen LogP contribution >= 0.6 is 0 Å². The lowest BCUT2D eigenvalue weighted by molar-refractivity contribution is -0.137. The molecule has 3 rings (SSSR count). The molecule has 0 spiro atoms. The summed E-state index contributed by atoms with van der Waals surface area (Å²) >= 11 is 0. The van der Waals surface area contributed by atoms with Crippen LogP contribution in [-0.4, -0.2) is 39.9 Å². The number of halogens is 2. The molecule has 0 saturated heterocycles. The SMILES string of the molecule is Cc1cnc(-c2ccc(OC(F)F)cc2)n1Cc1ccccc1OCCC[C@@H](N)CC(=O)O. The highest BCUT2D eigenvalue weighted by Crippen LogP contribution is 2.26. The van der Waals surface area contributed by atoms with Crippen molar-refractivity contribution in [3.05, 3.63) is 66.0 Å². The highest BCUT2D eigenvalue weighted by Gasteiger charge is 2.14. The second kappa shape index (κ2) is 11.4. The van der Waals surface area contributed by atoms with E-state index >= 15 is 0 Å². The first-order valence-electron chi connectivity index (χ1n) is 10.6. The van der Waals surface area contributed by atoms with Crippen LogP contribution in [-0.2, 0) is 11.3 Å². The minimum atomic E-state index is -2.87. The fourth-order valence-corrected chi connectivity index (χ4v) is 3.48. The summed E-state index contributed by atoms with van der Waals surface area (Å²) in [5, 5.41) is 8.80. The molecule has 1 atom stereocenters. The number of rotatable bonds is 12.